The van der Waals surface area contributed by atoms with Crippen molar-refractivity contribution in [2.45, 2.75) is 31.5 Å². The molecule has 1 aromatic rings. The number of halogens is 1. The molecule has 0 amide bonds. The van der Waals surface area contributed by atoms with Crippen LogP contribution in [0.1, 0.15) is 19.3 Å². The van der Waals surface area contributed by atoms with Gasteiger partial charge in [0.2, 0.25) is 0 Å². The largest absolute Gasteiger partial charge is 0.497 e. The van der Waals surface area contributed by atoms with Crippen LogP contribution in [0.2, 0.25) is 0 Å². The second-order valence-electron chi connectivity index (χ2n) is 6.76. The van der Waals surface area contributed by atoms with Crippen LogP contribution in [0.5, 0.6) is 11.5 Å². The molecule has 2 aliphatic rings. The molecule has 3 rings (SSSR count). The number of ether oxygens (including phenoxy) is 4. The van der Waals surface area contributed by atoms with Gasteiger partial charge in [0.05, 0.1) is 26.4 Å². The number of hydrogen-bond acceptors (Lipinski definition) is 5. The van der Waals surface area contributed by atoms with E-state index in [1.54, 1.807) is 7.11 Å². The molecule has 28 heavy (non-hydrogen) atoms. The van der Waals surface area contributed by atoms with Crippen molar-refractivity contribution in [1.82, 2.24) is 10.2 Å². The molecule has 0 spiro atoms. The number of morpholine rings is 1. The Balaban J connectivity index is 0.00000280. The van der Waals surface area contributed by atoms with Gasteiger partial charge in [-0.3, -0.25) is 4.99 Å². The second-order valence-corrected chi connectivity index (χ2v) is 6.76. The molecule has 0 bridgehead atoms. The first-order valence-electron chi connectivity index (χ1n) is 9.76. The molecule has 8 heteroatoms. The molecule has 0 aliphatic carbocycles. The maximum Gasteiger partial charge on any atom is 0.193 e. The zero-order valence-electron chi connectivity index (χ0n) is 16.8. The second kappa shape index (κ2) is 12.3. The molecule has 2 fully saturated rings. The Kier molecular flexibility index (Phi) is 10.1. The van der Waals surface area contributed by atoms with Gasteiger partial charge in [-0.2, -0.15) is 0 Å². The van der Waals surface area contributed by atoms with Gasteiger partial charge in [-0.15, -0.1) is 24.0 Å². The van der Waals surface area contributed by atoms with Gasteiger partial charge >= 0.3 is 0 Å². The number of nitrogens with zero attached hydrogens (tertiary/aromatic N) is 2. The standard InChI is InChI=1S/C20H31N3O4.HI/c1-21-20(23-11-14-27-19(15-23)18-5-3-12-26-18)22-10-4-13-25-17-8-6-16(24-2)7-9-17;/h6-9,18-19H,3-5,10-15H2,1-2H3,(H,21,22);1H. The molecule has 158 valence electrons. The average Bonchev–Trinajstić information content (AvgIpc) is 3.26. The third-order valence-electron chi connectivity index (χ3n) is 4.92. The van der Waals surface area contributed by atoms with Crippen molar-refractivity contribution < 1.29 is 18.9 Å². The normalized spacial score (nSPS) is 22.5. The molecule has 2 heterocycles. The highest BCUT2D eigenvalue weighted by Crippen LogP contribution is 2.21. The van der Waals surface area contributed by atoms with Crippen molar-refractivity contribution in [3.63, 3.8) is 0 Å². The Bertz CT molecular complexity index is 594. The summed E-state index contributed by atoms with van der Waals surface area (Å²) in [5.41, 5.74) is 0. The number of aliphatic imine (C=N–C) groups is 1. The van der Waals surface area contributed by atoms with Crippen molar-refractivity contribution in [3.05, 3.63) is 24.3 Å². The first-order chi connectivity index (χ1) is 13.3. The van der Waals surface area contributed by atoms with E-state index in [1.165, 1.54) is 0 Å². The van der Waals surface area contributed by atoms with Crippen molar-refractivity contribution in [1.29, 1.82) is 0 Å². The highest BCUT2D eigenvalue weighted by molar-refractivity contribution is 14.0. The summed E-state index contributed by atoms with van der Waals surface area (Å²) < 4.78 is 22.6. The molecule has 7 nitrogen and oxygen atoms in total. The molecule has 1 aromatic carbocycles. The van der Waals surface area contributed by atoms with Gasteiger partial charge in [0, 0.05) is 33.3 Å². The monoisotopic (exact) mass is 505 g/mol. The number of hydrogen-bond donors (Lipinski definition) is 1. The molecule has 2 unspecified atom stereocenters. The van der Waals surface area contributed by atoms with Crippen molar-refractivity contribution in [2.24, 2.45) is 4.99 Å². The maximum atomic E-state index is 5.92. The fourth-order valence-corrected chi connectivity index (χ4v) is 3.46. The SMILES string of the molecule is CN=C(NCCCOc1ccc(OC)cc1)N1CCOC(C2CCCO2)C1.I. The Labute approximate surface area is 184 Å². The van der Waals surface area contributed by atoms with Gasteiger partial charge in [-0.1, -0.05) is 0 Å². The summed E-state index contributed by atoms with van der Waals surface area (Å²) in [5, 5.41) is 3.43. The average molecular weight is 505 g/mol. The van der Waals surface area contributed by atoms with E-state index in [0.29, 0.717) is 13.2 Å². The van der Waals surface area contributed by atoms with Crippen LogP contribution in [0.15, 0.2) is 29.3 Å². The summed E-state index contributed by atoms with van der Waals surface area (Å²) in [4.78, 5) is 6.69. The lowest BCUT2D eigenvalue weighted by molar-refractivity contribution is -0.0816. The third-order valence-corrected chi connectivity index (χ3v) is 4.92. The van der Waals surface area contributed by atoms with Crippen LogP contribution in [-0.4, -0.2) is 76.7 Å². The Morgan fingerprint density at radius 2 is 1.93 bits per heavy atom. The number of methoxy groups -OCH3 is 1. The number of nitrogens with one attached hydrogen (secondary N) is 1. The predicted molar refractivity (Wildman–Crippen MR) is 120 cm³/mol. The first-order valence-corrected chi connectivity index (χ1v) is 9.76. The van der Waals surface area contributed by atoms with Crippen LogP contribution in [-0.2, 0) is 9.47 Å². The quantitative estimate of drug-likeness (QED) is 0.266. The lowest BCUT2D eigenvalue weighted by atomic mass is 10.1. The summed E-state index contributed by atoms with van der Waals surface area (Å²) in [5.74, 6) is 2.61. The smallest absolute Gasteiger partial charge is 0.193 e. The Morgan fingerprint density at radius 1 is 1.18 bits per heavy atom. The van der Waals surface area contributed by atoms with Crippen LogP contribution in [0, 0.1) is 0 Å². The molecule has 1 N–H and O–H groups in total. The van der Waals surface area contributed by atoms with Crippen molar-refractivity contribution in [3.8, 4) is 11.5 Å². The molecular weight excluding hydrogens is 473 g/mol. The van der Waals surface area contributed by atoms with E-state index in [0.717, 1.165) is 63.0 Å². The topological polar surface area (TPSA) is 64.6 Å². The molecule has 2 aliphatic heterocycles. The predicted octanol–water partition coefficient (Wildman–Crippen LogP) is 2.54. The maximum absolute atomic E-state index is 5.92. The summed E-state index contributed by atoms with van der Waals surface area (Å²) in [6.45, 7) is 4.71. The minimum absolute atomic E-state index is 0. The number of benzene rings is 1. The van der Waals surface area contributed by atoms with E-state index in [9.17, 15) is 0 Å². The summed E-state index contributed by atoms with van der Waals surface area (Å²) in [7, 11) is 3.48. The Hall–Kier alpha value is -1.26. The molecule has 0 radical (unpaired) electrons. The van der Waals surface area contributed by atoms with Crippen LogP contribution in [0.4, 0.5) is 0 Å². The Morgan fingerprint density at radius 3 is 2.61 bits per heavy atom. The van der Waals surface area contributed by atoms with Gasteiger partial charge in [0.15, 0.2) is 5.96 Å². The fraction of sp³-hybridized carbons (Fsp3) is 0.650. The van der Waals surface area contributed by atoms with E-state index in [1.807, 2.05) is 31.3 Å². The third kappa shape index (κ3) is 6.66. The highest BCUT2D eigenvalue weighted by Gasteiger charge is 2.32. The summed E-state index contributed by atoms with van der Waals surface area (Å²) >= 11 is 0. The fourth-order valence-electron chi connectivity index (χ4n) is 3.46. The van der Waals surface area contributed by atoms with Crippen molar-refractivity contribution >= 4 is 29.9 Å². The van der Waals surface area contributed by atoms with Crippen molar-refractivity contribution in [2.75, 3.05) is 53.6 Å². The van der Waals surface area contributed by atoms with Gasteiger partial charge in [0.25, 0.3) is 0 Å². The molecule has 0 saturated carbocycles. The van der Waals surface area contributed by atoms with E-state index in [-0.39, 0.29) is 36.2 Å². The number of rotatable bonds is 7. The summed E-state index contributed by atoms with van der Waals surface area (Å²) in [6.07, 6.45) is 3.48. The van der Waals surface area contributed by atoms with Gasteiger partial charge in [-0.05, 0) is 43.5 Å². The lowest BCUT2D eigenvalue weighted by Crippen LogP contribution is -2.53. The van der Waals surface area contributed by atoms with E-state index in [2.05, 4.69) is 15.2 Å². The minimum Gasteiger partial charge on any atom is -0.497 e. The summed E-state index contributed by atoms with van der Waals surface area (Å²) in [6, 6.07) is 7.64. The molecular formula is C20H32IN3O4. The minimum atomic E-state index is 0. The zero-order valence-corrected chi connectivity index (χ0v) is 19.1. The van der Waals surface area contributed by atoms with Gasteiger partial charge in [-0.25, -0.2) is 0 Å². The van der Waals surface area contributed by atoms with Gasteiger partial charge < -0.3 is 29.2 Å². The highest BCUT2D eigenvalue weighted by atomic mass is 127. The first kappa shape index (κ1) is 23.0. The zero-order chi connectivity index (χ0) is 18.9. The van der Waals surface area contributed by atoms with E-state index >= 15 is 0 Å². The van der Waals surface area contributed by atoms with E-state index < -0.39 is 0 Å². The van der Waals surface area contributed by atoms with Crippen LogP contribution >= 0.6 is 24.0 Å². The number of guanidine groups is 1. The molecule has 2 atom stereocenters. The van der Waals surface area contributed by atoms with E-state index in [4.69, 9.17) is 18.9 Å². The van der Waals surface area contributed by atoms with Crippen LogP contribution < -0.4 is 14.8 Å². The molecule has 2 saturated heterocycles. The van der Waals surface area contributed by atoms with Crippen LogP contribution in [0.25, 0.3) is 0 Å². The lowest BCUT2D eigenvalue weighted by Gasteiger charge is -2.37. The van der Waals surface area contributed by atoms with Gasteiger partial charge in [0.1, 0.15) is 17.6 Å². The van der Waals surface area contributed by atoms with Crippen LogP contribution in [0.3, 0.4) is 0 Å². The molecule has 0 aromatic heterocycles.